The molecule has 1 aromatic heterocycles. The van der Waals surface area contributed by atoms with Crippen molar-refractivity contribution in [1.82, 2.24) is 13.7 Å². The first kappa shape index (κ1) is 19.8. The second-order valence-corrected chi connectivity index (χ2v) is 9.10. The highest BCUT2D eigenvalue weighted by Crippen LogP contribution is 2.31. The van der Waals surface area contributed by atoms with Gasteiger partial charge >= 0.3 is 0 Å². The third-order valence-corrected chi connectivity index (χ3v) is 7.72. The monoisotopic (exact) mass is 436 g/mol. The van der Waals surface area contributed by atoms with Crippen molar-refractivity contribution in [3.63, 3.8) is 0 Å². The minimum atomic E-state index is -3.69. The van der Waals surface area contributed by atoms with Gasteiger partial charge in [-0.05, 0) is 12.1 Å². The van der Waals surface area contributed by atoms with Crippen LogP contribution < -0.4 is 4.90 Å². The number of aromatic nitrogens is 2. The van der Waals surface area contributed by atoms with E-state index in [1.165, 1.54) is 21.9 Å². The molecule has 1 aromatic carbocycles. The zero-order valence-corrected chi connectivity index (χ0v) is 17.2. The zero-order valence-electron chi connectivity index (χ0n) is 14.1. The Bertz CT molecular complexity index is 868. The Kier molecular flexibility index (Phi) is 6.37. The van der Waals surface area contributed by atoms with E-state index in [2.05, 4.69) is 9.36 Å². The molecule has 0 atom stereocenters. The highest BCUT2D eigenvalue weighted by molar-refractivity contribution is 7.89. The Balaban J connectivity index is 1.68. The first-order valence-electron chi connectivity index (χ1n) is 7.94. The van der Waals surface area contributed by atoms with Gasteiger partial charge in [-0.1, -0.05) is 29.3 Å². The van der Waals surface area contributed by atoms with E-state index in [9.17, 15) is 8.42 Å². The van der Waals surface area contributed by atoms with E-state index in [0.29, 0.717) is 39.2 Å². The van der Waals surface area contributed by atoms with Crippen LogP contribution in [0.3, 0.4) is 0 Å². The first-order valence-corrected chi connectivity index (χ1v) is 10.9. The molecule has 0 aliphatic carbocycles. The molecule has 2 heterocycles. The molecule has 0 amide bonds. The van der Waals surface area contributed by atoms with Crippen LogP contribution in [-0.2, 0) is 21.2 Å². The molecular formula is C15H18Cl2N4O3S2. The molecule has 3 rings (SSSR count). The number of nitrogens with zero attached hydrogens (tertiary/aromatic N) is 4. The molecule has 1 aliphatic rings. The van der Waals surface area contributed by atoms with Crippen LogP contribution >= 0.6 is 34.7 Å². The fraction of sp³-hybridized carbons (Fsp3) is 0.467. The maximum Gasteiger partial charge on any atom is 0.244 e. The predicted molar refractivity (Wildman–Crippen MR) is 103 cm³/mol. The lowest BCUT2D eigenvalue weighted by molar-refractivity contribution is 0.201. The van der Waals surface area contributed by atoms with E-state index in [-0.39, 0.29) is 14.9 Å². The predicted octanol–water partition coefficient (Wildman–Crippen LogP) is 2.54. The molecule has 0 bridgehead atoms. The minimum absolute atomic E-state index is 0.0397. The molecule has 0 radical (unpaired) electrons. The molecule has 7 nitrogen and oxygen atoms in total. The Morgan fingerprint density at radius 1 is 1.23 bits per heavy atom. The zero-order chi connectivity index (χ0) is 18.7. The van der Waals surface area contributed by atoms with E-state index >= 15 is 0 Å². The second-order valence-electron chi connectivity index (χ2n) is 5.68. The summed E-state index contributed by atoms with van der Waals surface area (Å²) in [5.74, 6) is 0.743. The maximum absolute atomic E-state index is 12.9. The van der Waals surface area contributed by atoms with Gasteiger partial charge in [-0.3, -0.25) is 0 Å². The van der Waals surface area contributed by atoms with E-state index in [0.717, 1.165) is 11.0 Å². The SMILES string of the molecule is COCCc1nsc(N2CCN(S(=O)(=O)c3cccc(Cl)c3Cl)CC2)n1. The number of benzene rings is 1. The molecule has 1 saturated heterocycles. The summed E-state index contributed by atoms with van der Waals surface area (Å²) in [5.41, 5.74) is 0. The summed E-state index contributed by atoms with van der Waals surface area (Å²) in [4.78, 5) is 6.57. The average Bonchev–Trinajstić information content (AvgIpc) is 3.11. The molecule has 0 N–H and O–H groups in total. The summed E-state index contributed by atoms with van der Waals surface area (Å²) in [6.45, 7) is 2.34. The summed E-state index contributed by atoms with van der Waals surface area (Å²) in [6, 6.07) is 4.63. The Labute approximate surface area is 166 Å². The summed E-state index contributed by atoms with van der Waals surface area (Å²) < 4.78 is 36.5. The van der Waals surface area contributed by atoms with Crippen LogP contribution in [-0.4, -0.2) is 62.0 Å². The van der Waals surface area contributed by atoms with Crippen molar-refractivity contribution in [2.24, 2.45) is 0 Å². The lowest BCUT2D eigenvalue weighted by atomic mass is 10.4. The fourth-order valence-electron chi connectivity index (χ4n) is 2.61. The third kappa shape index (κ3) is 4.13. The smallest absolute Gasteiger partial charge is 0.244 e. The highest BCUT2D eigenvalue weighted by Gasteiger charge is 2.31. The number of hydrogen-bond acceptors (Lipinski definition) is 7. The Hall–Kier alpha value is -0.970. The largest absolute Gasteiger partial charge is 0.384 e. The number of methoxy groups -OCH3 is 1. The maximum atomic E-state index is 12.9. The van der Waals surface area contributed by atoms with Crippen LogP contribution in [0.5, 0.6) is 0 Å². The first-order chi connectivity index (χ1) is 12.4. The highest BCUT2D eigenvalue weighted by atomic mass is 35.5. The van der Waals surface area contributed by atoms with Crippen molar-refractivity contribution in [2.45, 2.75) is 11.3 Å². The molecule has 142 valence electrons. The standard InChI is InChI=1S/C15H18Cl2N4O3S2/c1-24-10-5-13-18-15(25-19-13)20-6-8-21(9-7-20)26(22,23)12-4-2-3-11(16)14(12)17/h2-4H,5-10H2,1H3. The number of rotatable bonds is 6. The van der Waals surface area contributed by atoms with E-state index < -0.39 is 10.0 Å². The number of ether oxygens (including phenoxy) is 1. The van der Waals surface area contributed by atoms with E-state index in [4.69, 9.17) is 27.9 Å². The minimum Gasteiger partial charge on any atom is -0.384 e. The molecule has 1 fully saturated rings. The van der Waals surface area contributed by atoms with Gasteiger partial charge in [0.05, 0.1) is 16.7 Å². The van der Waals surface area contributed by atoms with Crippen molar-refractivity contribution in [1.29, 1.82) is 0 Å². The lowest BCUT2D eigenvalue weighted by Gasteiger charge is -2.33. The van der Waals surface area contributed by atoms with Crippen LogP contribution in [0.4, 0.5) is 5.13 Å². The average molecular weight is 437 g/mol. The summed E-state index contributed by atoms with van der Waals surface area (Å²) >= 11 is 13.4. The normalized spacial score (nSPS) is 16.2. The van der Waals surface area contributed by atoms with E-state index in [1.54, 1.807) is 19.2 Å². The summed E-state index contributed by atoms with van der Waals surface area (Å²) in [5, 5.41) is 1.08. The van der Waals surface area contributed by atoms with Crippen molar-refractivity contribution >= 4 is 49.9 Å². The molecule has 11 heteroatoms. The Morgan fingerprint density at radius 2 is 1.96 bits per heavy atom. The molecule has 0 unspecified atom stereocenters. The van der Waals surface area contributed by atoms with Crippen LogP contribution in [0.1, 0.15) is 5.82 Å². The van der Waals surface area contributed by atoms with Gasteiger partial charge in [0, 0.05) is 51.2 Å². The lowest BCUT2D eigenvalue weighted by Crippen LogP contribution is -2.48. The molecule has 26 heavy (non-hydrogen) atoms. The molecule has 0 spiro atoms. The second kappa shape index (κ2) is 8.37. The van der Waals surface area contributed by atoms with Gasteiger partial charge in [-0.25, -0.2) is 13.4 Å². The quantitative estimate of drug-likeness (QED) is 0.692. The van der Waals surface area contributed by atoms with Crippen LogP contribution in [0.25, 0.3) is 0 Å². The molecule has 2 aromatic rings. The van der Waals surface area contributed by atoms with Gasteiger partial charge in [0.1, 0.15) is 10.7 Å². The topological polar surface area (TPSA) is 75.6 Å². The number of hydrogen-bond donors (Lipinski definition) is 0. The van der Waals surface area contributed by atoms with E-state index in [1.807, 2.05) is 4.90 Å². The number of halogens is 2. The Morgan fingerprint density at radius 3 is 2.65 bits per heavy atom. The van der Waals surface area contributed by atoms with Crippen LogP contribution in [0, 0.1) is 0 Å². The molecule has 0 saturated carbocycles. The van der Waals surface area contributed by atoms with Crippen LogP contribution in [0.2, 0.25) is 10.0 Å². The van der Waals surface area contributed by atoms with Crippen LogP contribution in [0.15, 0.2) is 23.1 Å². The number of anilines is 1. The fourth-order valence-corrected chi connectivity index (χ4v) is 5.53. The van der Waals surface area contributed by atoms with Gasteiger partial charge in [-0.2, -0.15) is 8.68 Å². The van der Waals surface area contributed by atoms with Gasteiger partial charge < -0.3 is 9.64 Å². The van der Waals surface area contributed by atoms with Crippen molar-refractivity contribution < 1.29 is 13.2 Å². The van der Waals surface area contributed by atoms with Gasteiger partial charge in [0.25, 0.3) is 0 Å². The van der Waals surface area contributed by atoms with Gasteiger partial charge in [-0.15, -0.1) is 0 Å². The van der Waals surface area contributed by atoms with Crippen molar-refractivity contribution in [2.75, 3.05) is 44.8 Å². The number of sulfonamides is 1. The van der Waals surface area contributed by atoms with Crippen molar-refractivity contribution in [3.05, 3.63) is 34.1 Å². The summed E-state index contributed by atoms with van der Waals surface area (Å²) in [6.07, 6.45) is 0.661. The van der Waals surface area contributed by atoms with Crippen molar-refractivity contribution in [3.8, 4) is 0 Å². The number of piperazine rings is 1. The molecule has 1 aliphatic heterocycles. The molecular weight excluding hydrogens is 419 g/mol. The summed E-state index contributed by atoms with van der Waals surface area (Å²) in [7, 11) is -2.05. The third-order valence-electron chi connectivity index (χ3n) is 4.03. The van der Waals surface area contributed by atoms with Gasteiger partial charge in [0.15, 0.2) is 0 Å². The van der Waals surface area contributed by atoms with Gasteiger partial charge in [0.2, 0.25) is 15.2 Å².